The molecule has 38 heavy (non-hydrogen) atoms. The number of aromatic amines is 1. The lowest BCUT2D eigenvalue weighted by molar-refractivity contribution is 0.108. The summed E-state index contributed by atoms with van der Waals surface area (Å²) >= 11 is 6.56. The molecule has 198 valence electrons. The molecule has 1 aliphatic heterocycles. The number of hydrogen-bond donors (Lipinski definition) is 3. The number of piperidine rings is 1. The minimum Gasteiger partial charge on any atom is -0.392 e. The van der Waals surface area contributed by atoms with Crippen molar-refractivity contribution < 1.29 is 5.11 Å². The monoisotopic (exact) mass is 530 g/mol. The number of aromatic nitrogens is 3. The van der Waals surface area contributed by atoms with E-state index in [1.807, 2.05) is 31.3 Å². The normalized spacial score (nSPS) is 17.3. The van der Waals surface area contributed by atoms with E-state index in [2.05, 4.69) is 56.4 Å². The summed E-state index contributed by atoms with van der Waals surface area (Å²) in [6.45, 7) is 4.59. The van der Waals surface area contributed by atoms with Crippen molar-refractivity contribution in [3.63, 3.8) is 0 Å². The third kappa shape index (κ3) is 5.37. The summed E-state index contributed by atoms with van der Waals surface area (Å²) < 4.78 is 0. The van der Waals surface area contributed by atoms with Gasteiger partial charge in [-0.2, -0.15) is 0 Å². The molecule has 2 aromatic carbocycles. The predicted octanol–water partition coefficient (Wildman–Crippen LogP) is 6.18. The van der Waals surface area contributed by atoms with Crippen molar-refractivity contribution >= 4 is 39.8 Å². The number of hydrogen-bond acceptors (Lipinski definition) is 6. The maximum Gasteiger partial charge on any atom is 0.227 e. The van der Waals surface area contributed by atoms with Crippen LogP contribution in [0, 0.1) is 0 Å². The second kappa shape index (κ2) is 10.6. The molecule has 2 aliphatic rings. The molecule has 1 saturated heterocycles. The van der Waals surface area contributed by atoms with Crippen molar-refractivity contribution in [2.75, 3.05) is 36.9 Å². The summed E-state index contributed by atoms with van der Waals surface area (Å²) in [5.41, 5.74) is 6.36. The summed E-state index contributed by atoms with van der Waals surface area (Å²) in [4.78, 5) is 17.4. The van der Waals surface area contributed by atoms with Crippen LogP contribution in [0.3, 0.4) is 0 Å². The minimum absolute atomic E-state index is 0.298. The topological polar surface area (TPSA) is 80.3 Å². The Labute approximate surface area is 228 Å². The standard InChI is InChI=1S/C30H35ClN6O/c1-19(38)18-36(2)23-9-11-37(12-10-23)24-14-21(20-7-8-20)13-22(15-24)34-30-33-17-27(31)29(35-30)26-16-32-28-6-4-3-5-25(26)28/h3-6,13-17,19-20,23,32,38H,7-12,18H2,1-2H3,(H,33,34,35)/t19-/m0/s1. The van der Waals surface area contributed by atoms with E-state index < -0.39 is 0 Å². The zero-order valence-electron chi connectivity index (χ0n) is 22.0. The smallest absolute Gasteiger partial charge is 0.227 e. The second-order valence-electron chi connectivity index (χ2n) is 10.9. The molecule has 2 fully saturated rings. The Bertz CT molecular complexity index is 1420. The maximum atomic E-state index is 9.78. The third-order valence-corrected chi connectivity index (χ3v) is 8.12. The largest absolute Gasteiger partial charge is 0.392 e. The molecular weight excluding hydrogens is 496 g/mol. The Hall–Kier alpha value is -3.13. The van der Waals surface area contributed by atoms with Crippen LogP contribution in [0.5, 0.6) is 0 Å². The van der Waals surface area contributed by atoms with Gasteiger partial charge in [0.15, 0.2) is 0 Å². The Kier molecular flexibility index (Phi) is 6.99. The van der Waals surface area contributed by atoms with Crippen LogP contribution in [0.2, 0.25) is 5.02 Å². The van der Waals surface area contributed by atoms with Crippen molar-refractivity contribution in [2.24, 2.45) is 0 Å². The van der Waals surface area contributed by atoms with E-state index in [0.717, 1.165) is 54.6 Å². The van der Waals surface area contributed by atoms with E-state index in [1.54, 1.807) is 6.20 Å². The van der Waals surface area contributed by atoms with Gasteiger partial charge in [-0.25, -0.2) is 9.97 Å². The number of H-pyrrole nitrogens is 1. The van der Waals surface area contributed by atoms with E-state index in [4.69, 9.17) is 16.6 Å². The lowest BCUT2D eigenvalue weighted by atomic mass is 10.0. The van der Waals surface area contributed by atoms with E-state index in [1.165, 1.54) is 24.1 Å². The Balaban J connectivity index is 1.24. The van der Waals surface area contributed by atoms with E-state index in [-0.39, 0.29) is 6.10 Å². The molecule has 0 spiro atoms. The van der Waals surface area contributed by atoms with Crippen LogP contribution in [0.25, 0.3) is 22.2 Å². The zero-order valence-corrected chi connectivity index (χ0v) is 22.7. The van der Waals surface area contributed by atoms with Crippen molar-refractivity contribution in [1.29, 1.82) is 0 Å². The molecule has 0 bridgehead atoms. The molecule has 2 aromatic heterocycles. The molecule has 0 unspecified atom stereocenters. The summed E-state index contributed by atoms with van der Waals surface area (Å²) in [6.07, 6.45) is 8.01. The first-order valence-electron chi connectivity index (χ1n) is 13.6. The number of benzene rings is 2. The first kappa shape index (κ1) is 25.2. The number of aliphatic hydroxyl groups excluding tert-OH is 1. The fourth-order valence-electron chi connectivity index (χ4n) is 5.69. The molecule has 1 saturated carbocycles. The number of aliphatic hydroxyl groups is 1. The fraction of sp³-hybridized carbons (Fsp3) is 0.400. The van der Waals surface area contributed by atoms with E-state index in [9.17, 15) is 5.11 Å². The molecule has 0 amide bonds. The Morgan fingerprint density at radius 3 is 2.71 bits per heavy atom. The van der Waals surface area contributed by atoms with Gasteiger partial charge < -0.3 is 25.2 Å². The molecule has 1 atom stereocenters. The predicted molar refractivity (Wildman–Crippen MR) is 156 cm³/mol. The highest BCUT2D eigenvalue weighted by atomic mass is 35.5. The molecule has 3 heterocycles. The first-order chi connectivity index (χ1) is 18.4. The first-order valence-corrected chi connectivity index (χ1v) is 14.0. The fourth-order valence-corrected chi connectivity index (χ4v) is 5.88. The van der Waals surface area contributed by atoms with Crippen LogP contribution >= 0.6 is 11.6 Å². The van der Waals surface area contributed by atoms with Gasteiger partial charge in [0.25, 0.3) is 0 Å². The van der Waals surface area contributed by atoms with Crippen LogP contribution in [0.4, 0.5) is 17.3 Å². The molecule has 3 N–H and O–H groups in total. The summed E-state index contributed by atoms with van der Waals surface area (Å²) in [6, 6.07) is 15.5. The molecular formula is C30H35ClN6O. The van der Waals surface area contributed by atoms with Crippen LogP contribution in [-0.4, -0.2) is 63.8 Å². The van der Waals surface area contributed by atoms with Gasteiger partial charge in [-0.1, -0.05) is 29.8 Å². The SMILES string of the molecule is C[C@H](O)CN(C)C1CCN(c2cc(Nc3ncc(Cl)c(-c4c[nH]c5ccccc45)n3)cc(C3CC3)c2)CC1. The van der Waals surface area contributed by atoms with Gasteiger partial charge in [0, 0.05) is 59.7 Å². The van der Waals surface area contributed by atoms with Gasteiger partial charge in [-0.05, 0) is 75.4 Å². The van der Waals surface area contributed by atoms with Crippen molar-refractivity contribution in [1.82, 2.24) is 19.9 Å². The Morgan fingerprint density at radius 1 is 1.16 bits per heavy atom. The lowest BCUT2D eigenvalue weighted by Gasteiger charge is -2.38. The summed E-state index contributed by atoms with van der Waals surface area (Å²) in [5, 5.41) is 14.9. The highest BCUT2D eigenvalue weighted by molar-refractivity contribution is 6.33. The summed E-state index contributed by atoms with van der Waals surface area (Å²) in [7, 11) is 2.12. The van der Waals surface area contributed by atoms with Crippen LogP contribution in [0.1, 0.15) is 44.1 Å². The molecule has 8 heteroatoms. The van der Waals surface area contributed by atoms with Gasteiger partial charge in [0.2, 0.25) is 5.95 Å². The number of likely N-dealkylation sites (N-methyl/N-ethyl adjacent to an activating group) is 1. The molecule has 4 aromatic rings. The average molecular weight is 531 g/mol. The maximum absolute atomic E-state index is 9.78. The number of para-hydroxylation sites is 1. The molecule has 0 radical (unpaired) electrons. The van der Waals surface area contributed by atoms with E-state index in [0.29, 0.717) is 28.6 Å². The number of nitrogens with one attached hydrogen (secondary N) is 2. The lowest BCUT2D eigenvalue weighted by Crippen LogP contribution is -2.45. The van der Waals surface area contributed by atoms with Gasteiger partial charge in [0.05, 0.1) is 23.0 Å². The number of fused-ring (bicyclic) bond motifs is 1. The number of anilines is 3. The van der Waals surface area contributed by atoms with Gasteiger partial charge in [0.1, 0.15) is 0 Å². The summed E-state index contributed by atoms with van der Waals surface area (Å²) in [5.74, 6) is 1.17. The highest BCUT2D eigenvalue weighted by Gasteiger charge is 2.27. The average Bonchev–Trinajstić information content (AvgIpc) is 3.69. The third-order valence-electron chi connectivity index (χ3n) is 7.84. The van der Waals surface area contributed by atoms with Gasteiger partial charge >= 0.3 is 0 Å². The van der Waals surface area contributed by atoms with Crippen molar-refractivity contribution in [3.05, 3.63) is 65.4 Å². The van der Waals surface area contributed by atoms with Crippen molar-refractivity contribution in [3.8, 4) is 11.3 Å². The quantitative estimate of drug-likeness (QED) is 0.252. The van der Waals surface area contributed by atoms with Crippen LogP contribution < -0.4 is 10.2 Å². The highest BCUT2D eigenvalue weighted by Crippen LogP contribution is 2.43. The van der Waals surface area contributed by atoms with Crippen LogP contribution in [-0.2, 0) is 0 Å². The van der Waals surface area contributed by atoms with E-state index >= 15 is 0 Å². The van der Waals surface area contributed by atoms with Crippen LogP contribution in [0.15, 0.2) is 54.9 Å². The zero-order chi connectivity index (χ0) is 26.2. The Morgan fingerprint density at radius 2 is 1.95 bits per heavy atom. The number of halogens is 1. The molecule has 7 nitrogen and oxygen atoms in total. The van der Waals surface area contributed by atoms with Crippen molar-refractivity contribution in [2.45, 2.75) is 50.7 Å². The minimum atomic E-state index is -0.298. The molecule has 6 rings (SSSR count). The number of rotatable bonds is 8. The second-order valence-corrected chi connectivity index (χ2v) is 11.3. The number of nitrogens with zero attached hydrogens (tertiary/aromatic N) is 4. The van der Waals surface area contributed by atoms with Gasteiger partial charge in [-0.3, -0.25) is 0 Å². The van der Waals surface area contributed by atoms with Gasteiger partial charge in [-0.15, -0.1) is 0 Å². The molecule has 1 aliphatic carbocycles.